The van der Waals surface area contributed by atoms with Crippen LogP contribution in [0.1, 0.15) is 22.8 Å². The summed E-state index contributed by atoms with van der Waals surface area (Å²) < 4.78 is 5.94. The zero-order chi connectivity index (χ0) is 13.9. The molecule has 0 unspecified atom stereocenters. The molecule has 0 aliphatic carbocycles. The number of rotatable bonds is 4. The van der Waals surface area contributed by atoms with E-state index in [0.717, 1.165) is 16.3 Å². The number of Topliss-reactive ketones (excluding diaryl/α,β-unsaturated/α-hetero) is 1. The summed E-state index contributed by atoms with van der Waals surface area (Å²) in [6, 6.07) is 13.8. The molecule has 0 atom stereocenters. The Labute approximate surface area is 121 Å². The van der Waals surface area contributed by atoms with E-state index in [1.807, 2.05) is 47.8 Å². The number of fused-ring (bicyclic) bond motifs is 1. The molecule has 0 saturated carbocycles. The van der Waals surface area contributed by atoms with E-state index in [1.165, 1.54) is 0 Å². The lowest BCUT2D eigenvalue weighted by atomic mass is 10.0. The maximum absolute atomic E-state index is 11.8. The molecule has 0 aliphatic rings. The third-order valence-corrected chi connectivity index (χ3v) is 3.95. The summed E-state index contributed by atoms with van der Waals surface area (Å²) in [5, 5.41) is 6.14. The number of hydrogen-bond acceptors (Lipinski definition) is 3. The number of hydrogen-bond donors (Lipinski definition) is 0. The summed E-state index contributed by atoms with van der Waals surface area (Å²) in [4.78, 5) is 11.8. The molecule has 0 radical (unpaired) electrons. The average molecular weight is 282 g/mol. The van der Waals surface area contributed by atoms with Crippen LogP contribution in [-0.2, 0) is 6.61 Å². The van der Waals surface area contributed by atoms with E-state index in [2.05, 4.69) is 5.38 Å². The van der Waals surface area contributed by atoms with E-state index >= 15 is 0 Å². The highest BCUT2D eigenvalue weighted by molar-refractivity contribution is 7.07. The molecule has 0 saturated heterocycles. The molecule has 3 heteroatoms. The fraction of sp³-hybridized carbons (Fsp3) is 0.118. The Kier molecular flexibility index (Phi) is 3.52. The molecule has 2 nitrogen and oxygen atoms in total. The van der Waals surface area contributed by atoms with Gasteiger partial charge in [0.15, 0.2) is 5.78 Å². The van der Waals surface area contributed by atoms with Crippen LogP contribution in [0.5, 0.6) is 5.75 Å². The van der Waals surface area contributed by atoms with Gasteiger partial charge in [-0.3, -0.25) is 4.79 Å². The van der Waals surface area contributed by atoms with Crippen LogP contribution in [0.25, 0.3) is 10.8 Å². The molecule has 0 spiro atoms. The Bertz CT molecular complexity index is 745. The molecule has 2 aromatic carbocycles. The van der Waals surface area contributed by atoms with Gasteiger partial charge in [-0.05, 0) is 40.8 Å². The van der Waals surface area contributed by atoms with E-state index in [1.54, 1.807) is 18.3 Å². The van der Waals surface area contributed by atoms with Crippen molar-refractivity contribution in [2.75, 3.05) is 0 Å². The van der Waals surface area contributed by atoms with E-state index in [4.69, 9.17) is 4.74 Å². The number of carbonyl (C=O) groups excluding carboxylic acids is 1. The molecule has 1 heterocycles. The molecule has 0 amide bonds. The second-order valence-electron chi connectivity index (χ2n) is 4.64. The van der Waals surface area contributed by atoms with E-state index in [9.17, 15) is 4.79 Å². The first-order valence-electron chi connectivity index (χ1n) is 6.42. The predicted octanol–water partition coefficient (Wildman–Crippen LogP) is 4.68. The van der Waals surface area contributed by atoms with Crippen molar-refractivity contribution in [3.05, 3.63) is 64.4 Å². The van der Waals surface area contributed by atoms with Crippen molar-refractivity contribution in [2.45, 2.75) is 13.5 Å². The van der Waals surface area contributed by atoms with Gasteiger partial charge in [-0.15, -0.1) is 0 Å². The first kappa shape index (κ1) is 12.9. The lowest BCUT2D eigenvalue weighted by Crippen LogP contribution is -2.02. The van der Waals surface area contributed by atoms with Crippen molar-refractivity contribution in [3.63, 3.8) is 0 Å². The van der Waals surface area contributed by atoms with Gasteiger partial charge >= 0.3 is 0 Å². The molecule has 100 valence electrons. The fourth-order valence-corrected chi connectivity index (χ4v) is 2.86. The normalized spacial score (nSPS) is 10.7. The number of benzene rings is 2. The Morgan fingerprint density at radius 2 is 2.00 bits per heavy atom. The second kappa shape index (κ2) is 5.47. The zero-order valence-electron chi connectivity index (χ0n) is 11.1. The Balaban J connectivity index is 2.05. The molecule has 0 fully saturated rings. The first-order valence-corrected chi connectivity index (χ1v) is 7.36. The third kappa shape index (κ3) is 2.45. The summed E-state index contributed by atoms with van der Waals surface area (Å²) in [6.07, 6.45) is 0. The minimum absolute atomic E-state index is 0.0241. The van der Waals surface area contributed by atoms with Crippen LogP contribution in [0, 0.1) is 0 Å². The number of ether oxygens (including phenoxy) is 1. The van der Waals surface area contributed by atoms with E-state index in [-0.39, 0.29) is 5.78 Å². The quantitative estimate of drug-likeness (QED) is 0.649. The van der Waals surface area contributed by atoms with Gasteiger partial charge in [-0.2, -0.15) is 11.3 Å². The van der Waals surface area contributed by atoms with Crippen molar-refractivity contribution in [1.82, 2.24) is 0 Å². The minimum Gasteiger partial charge on any atom is -0.487 e. The van der Waals surface area contributed by atoms with Crippen molar-refractivity contribution in [2.24, 2.45) is 0 Å². The first-order chi connectivity index (χ1) is 9.75. The van der Waals surface area contributed by atoms with Gasteiger partial charge in [-0.1, -0.05) is 30.3 Å². The van der Waals surface area contributed by atoms with Crippen molar-refractivity contribution >= 4 is 27.9 Å². The van der Waals surface area contributed by atoms with Crippen molar-refractivity contribution < 1.29 is 9.53 Å². The van der Waals surface area contributed by atoms with Crippen molar-refractivity contribution in [1.29, 1.82) is 0 Å². The Hall–Kier alpha value is -2.13. The van der Waals surface area contributed by atoms with Crippen LogP contribution >= 0.6 is 11.3 Å². The van der Waals surface area contributed by atoms with Gasteiger partial charge in [-0.25, -0.2) is 0 Å². The van der Waals surface area contributed by atoms with Crippen LogP contribution in [-0.4, -0.2) is 5.78 Å². The summed E-state index contributed by atoms with van der Waals surface area (Å²) in [5.74, 6) is 0.706. The predicted molar refractivity (Wildman–Crippen MR) is 82.6 cm³/mol. The maximum Gasteiger partial charge on any atom is 0.163 e. The summed E-state index contributed by atoms with van der Waals surface area (Å²) in [5.41, 5.74) is 1.76. The molecule has 0 N–H and O–H groups in total. The lowest BCUT2D eigenvalue weighted by Gasteiger charge is -2.12. The molecular formula is C17H14O2S. The van der Waals surface area contributed by atoms with Crippen LogP contribution in [0.3, 0.4) is 0 Å². The van der Waals surface area contributed by atoms with Crippen LogP contribution in [0.2, 0.25) is 0 Å². The number of carbonyl (C=O) groups is 1. The SMILES string of the molecule is CC(=O)c1ccc2ccccc2c1OCc1ccsc1. The minimum atomic E-state index is 0.0241. The summed E-state index contributed by atoms with van der Waals surface area (Å²) in [6.45, 7) is 2.05. The van der Waals surface area contributed by atoms with Crippen LogP contribution < -0.4 is 4.74 Å². The topological polar surface area (TPSA) is 26.3 Å². The smallest absolute Gasteiger partial charge is 0.163 e. The molecule has 1 aromatic heterocycles. The Morgan fingerprint density at radius 1 is 1.15 bits per heavy atom. The molecule has 20 heavy (non-hydrogen) atoms. The van der Waals surface area contributed by atoms with Gasteiger partial charge in [0.1, 0.15) is 12.4 Å². The highest BCUT2D eigenvalue weighted by Crippen LogP contribution is 2.31. The molecule has 0 aliphatic heterocycles. The lowest BCUT2D eigenvalue weighted by molar-refractivity contribution is 0.101. The van der Waals surface area contributed by atoms with Gasteiger partial charge in [0.05, 0.1) is 5.56 Å². The maximum atomic E-state index is 11.8. The van der Waals surface area contributed by atoms with Crippen molar-refractivity contribution in [3.8, 4) is 5.75 Å². The standard InChI is InChI=1S/C17H14O2S/c1-12(18)15-7-6-14-4-2-3-5-16(14)17(15)19-10-13-8-9-20-11-13/h2-9,11H,10H2,1H3. The monoisotopic (exact) mass is 282 g/mol. The second-order valence-corrected chi connectivity index (χ2v) is 5.42. The largest absolute Gasteiger partial charge is 0.487 e. The van der Waals surface area contributed by atoms with Gasteiger partial charge < -0.3 is 4.74 Å². The highest BCUT2D eigenvalue weighted by Gasteiger charge is 2.12. The highest BCUT2D eigenvalue weighted by atomic mass is 32.1. The number of ketones is 1. The van der Waals surface area contributed by atoms with Gasteiger partial charge in [0.2, 0.25) is 0 Å². The van der Waals surface area contributed by atoms with Crippen LogP contribution in [0.15, 0.2) is 53.2 Å². The third-order valence-electron chi connectivity index (χ3n) is 3.22. The van der Waals surface area contributed by atoms with E-state index < -0.39 is 0 Å². The summed E-state index contributed by atoms with van der Waals surface area (Å²) >= 11 is 1.64. The zero-order valence-corrected chi connectivity index (χ0v) is 11.9. The summed E-state index contributed by atoms with van der Waals surface area (Å²) in [7, 11) is 0. The molecular weight excluding hydrogens is 268 g/mol. The Morgan fingerprint density at radius 3 is 2.75 bits per heavy atom. The van der Waals surface area contributed by atoms with Gasteiger partial charge in [0.25, 0.3) is 0 Å². The van der Waals surface area contributed by atoms with E-state index in [0.29, 0.717) is 17.9 Å². The number of thiophene rings is 1. The van der Waals surface area contributed by atoms with Gasteiger partial charge in [0, 0.05) is 5.39 Å². The molecule has 3 aromatic rings. The average Bonchev–Trinajstić information content (AvgIpc) is 2.97. The molecule has 0 bridgehead atoms. The molecule has 3 rings (SSSR count). The van der Waals surface area contributed by atoms with Crippen LogP contribution in [0.4, 0.5) is 0 Å². The fourth-order valence-electron chi connectivity index (χ4n) is 2.21.